The van der Waals surface area contributed by atoms with E-state index in [-0.39, 0.29) is 0 Å². The Morgan fingerprint density at radius 3 is 2.83 bits per heavy atom. The first-order valence-electron chi connectivity index (χ1n) is 5.13. The van der Waals surface area contributed by atoms with Crippen molar-refractivity contribution < 1.29 is 0 Å². The van der Waals surface area contributed by atoms with Crippen LogP contribution in [0.3, 0.4) is 0 Å². The van der Waals surface area contributed by atoms with Crippen molar-refractivity contribution in [3.63, 3.8) is 0 Å². The standard InChI is InChI=1S/C11H21N/c1-4-7-12-8-5-6-11(12)9-10(2)3/h9,11H,4-8H2,1-3H3. The molecule has 0 aliphatic carbocycles. The predicted octanol–water partition coefficient (Wildman–Crippen LogP) is 2.83. The molecule has 1 rings (SSSR count). The van der Waals surface area contributed by atoms with E-state index in [0.29, 0.717) is 0 Å². The van der Waals surface area contributed by atoms with E-state index in [9.17, 15) is 0 Å². The van der Waals surface area contributed by atoms with Crippen molar-refractivity contribution in [3.05, 3.63) is 11.6 Å². The number of nitrogens with zero attached hydrogens (tertiary/aromatic N) is 1. The Morgan fingerprint density at radius 2 is 2.25 bits per heavy atom. The van der Waals surface area contributed by atoms with E-state index in [2.05, 4.69) is 31.7 Å². The van der Waals surface area contributed by atoms with Crippen LogP contribution in [0.25, 0.3) is 0 Å². The second kappa shape index (κ2) is 4.66. The lowest BCUT2D eigenvalue weighted by Gasteiger charge is -2.21. The lowest BCUT2D eigenvalue weighted by atomic mass is 10.1. The predicted molar refractivity (Wildman–Crippen MR) is 54.3 cm³/mol. The monoisotopic (exact) mass is 167 g/mol. The fraction of sp³-hybridized carbons (Fsp3) is 0.818. The van der Waals surface area contributed by atoms with Gasteiger partial charge in [0, 0.05) is 6.04 Å². The summed E-state index contributed by atoms with van der Waals surface area (Å²) in [5.41, 5.74) is 1.46. The molecule has 1 nitrogen and oxygen atoms in total. The largest absolute Gasteiger partial charge is 0.297 e. The summed E-state index contributed by atoms with van der Waals surface area (Å²) in [4.78, 5) is 2.60. The molecule has 1 heteroatoms. The van der Waals surface area contributed by atoms with Gasteiger partial charge in [-0.1, -0.05) is 18.6 Å². The van der Waals surface area contributed by atoms with Gasteiger partial charge in [0.25, 0.3) is 0 Å². The molecule has 70 valence electrons. The molecule has 0 N–H and O–H groups in total. The van der Waals surface area contributed by atoms with E-state index in [1.54, 1.807) is 0 Å². The normalized spacial score (nSPS) is 24.4. The second-order valence-electron chi connectivity index (χ2n) is 3.99. The van der Waals surface area contributed by atoms with Crippen molar-refractivity contribution in [1.82, 2.24) is 4.90 Å². The molecule has 0 spiro atoms. The van der Waals surface area contributed by atoms with Crippen LogP contribution in [-0.4, -0.2) is 24.0 Å². The quantitative estimate of drug-likeness (QED) is 0.584. The minimum atomic E-state index is 0.745. The van der Waals surface area contributed by atoms with Crippen LogP contribution in [-0.2, 0) is 0 Å². The Kier molecular flexibility index (Phi) is 3.80. The maximum Gasteiger partial charge on any atom is 0.0281 e. The Bertz CT molecular complexity index is 156. The first-order valence-corrected chi connectivity index (χ1v) is 5.13. The minimum absolute atomic E-state index is 0.745. The molecule has 1 saturated heterocycles. The smallest absolute Gasteiger partial charge is 0.0281 e. The van der Waals surface area contributed by atoms with Crippen molar-refractivity contribution in [2.24, 2.45) is 0 Å². The van der Waals surface area contributed by atoms with Gasteiger partial charge in [-0.3, -0.25) is 4.90 Å². The molecular weight excluding hydrogens is 146 g/mol. The van der Waals surface area contributed by atoms with Crippen molar-refractivity contribution in [2.45, 2.75) is 46.1 Å². The van der Waals surface area contributed by atoms with Gasteiger partial charge in [0.05, 0.1) is 0 Å². The van der Waals surface area contributed by atoms with E-state index in [1.165, 1.54) is 37.9 Å². The lowest BCUT2D eigenvalue weighted by Crippen LogP contribution is -2.28. The molecule has 0 aromatic rings. The zero-order valence-electron chi connectivity index (χ0n) is 8.64. The third kappa shape index (κ3) is 2.63. The number of likely N-dealkylation sites (tertiary alicyclic amines) is 1. The zero-order chi connectivity index (χ0) is 8.97. The summed E-state index contributed by atoms with van der Waals surface area (Å²) in [6.07, 6.45) is 6.45. The second-order valence-corrected chi connectivity index (χ2v) is 3.99. The van der Waals surface area contributed by atoms with E-state index < -0.39 is 0 Å². The molecule has 1 atom stereocenters. The molecule has 0 bridgehead atoms. The van der Waals surface area contributed by atoms with Gasteiger partial charge < -0.3 is 0 Å². The fourth-order valence-electron chi connectivity index (χ4n) is 1.99. The molecular formula is C11H21N. The SMILES string of the molecule is CCCN1CCCC1C=C(C)C. The summed E-state index contributed by atoms with van der Waals surface area (Å²) in [5, 5.41) is 0. The Hall–Kier alpha value is -0.300. The number of rotatable bonds is 3. The van der Waals surface area contributed by atoms with E-state index in [1.807, 2.05) is 0 Å². The third-order valence-corrected chi connectivity index (χ3v) is 2.45. The fourth-order valence-corrected chi connectivity index (χ4v) is 1.99. The van der Waals surface area contributed by atoms with Gasteiger partial charge in [0.1, 0.15) is 0 Å². The van der Waals surface area contributed by atoms with Crippen LogP contribution in [0.2, 0.25) is 0 Å². The number of hydrogen-bond donors (Lipinski definition) is 0. The molecule has 1 fully saturated rings. The van der Waals surface area contributed by atoms with Crippen LogP contribution in [0, 0.1) is 0 Å². The van der Waals surface area contributed by atoms with E-state index >= 15 is 0 Å². The van der Waals surface area contributed by atoms with Crippen molar-refractivity contribution in [1.29, 1.82) is 0 Å². The molecule has 1 aliphatic heterocycles. The highest BCUT2D eigenvalue weighted by molar-refractivity contribution is 5.03. The zero-order valence-corrected chi connectivity index (χ0v) is 8.64. The minimum Gasteiger partial charge on any atom is -0.297 e. The number of hydrogen-bond acceptors (Lipinski definition) is 1. The van der Waals surface area contributed by atoms with Crippen LogP contribution >= 0.6 is 0 Å². The van der Waals surface area contributed by atoms with Crippen LogP contribution in [0.15, 0.2) is 11.6 Å². The van der Waals surface area contributed by atoms with Crippen molar-refractivity contribution >= 4 is 0 Å². The molecule has 0 aromatic heterocycles. The molecule has 1 aliphatic rings. The first-order chi connectivity index (χ1) is 5.74. The Balaban J connectivity index is 2.46. The Morgan fingerprint density at radius 1 is 1.50 bits per heavy atom. The molecule has 0 radical (unpaired) electrons. The summed E-state index contributed by atoms with van der Waals surface area (Å²) in [7, 11) is 0. The van der Waals surface area contributed by atoms with Crippen LogP contribution < -0.4 is 0 Å². The first kappa shape index (κ1) is 9.79. The molecule has 0 saturated carbocycles. The summed E-state index contributed by atoms with van der Waals surface area (Å²) < 4.78 is 0. The average molecular weight is 167 g/mol. The molecule has 12 heavy (non-hydrogen) atoms. The van der Waals surface area contributed by atoms with Gasteiger partial charge in [-0.05, 0) is 46.2 Å². The molecule has 1 heterocycles. The maximum absolute atomic E-state index is 2.60. The van der Waals surface area contributed by atoms with Gasteiger partial charge in [0.2, 0.25) is 0 Å². The highest BCUT2D eigenvalue weighted by Crippen LogP contribution is 2.19. The van der Waals surface area contributed by atoms with Gasteiger partial charge in [0.15, 0.2) is 0 Å². The van der Waals surface area contributed by atoms with Gasteiger partial charge in [-0.2, -0.15) is 0 Å². The average Bonchev–Trinajstić information content (AvgIpc) is 2.37. The summed E-state index contributed by atoms with van der Waals surface area (Å²) in [5.74, 6) is 0. The lowest BCUT2D eigenvalue weighted by molar-refractivity contribution is 0.290. The van der Waals surface area contributed by atoms with Crippen molar-refractivity contribution in [2.75, 3.05) is 13.1 Å². The molecule has 1 unspecified atom stereocenters. The number of allylic oxidation sites excluding steroid dienone is 1. The topological polar surface area (TPSA) is 3.24 Å². The third-order valence-electron chi connectivity index (χ3n) is 2.45. The van der Waals surface area contributed by atoms with Crippen LogP contribution in [0.5, 0.6) is 0 Å². The summed E-state index contributed by atoms with van der Waals surface area (Å²) >= 11 is 0. The van der Waals surface area contributed by atoms with Crippen LogP contribution in [0.1, 0.15) is 40.0 Å². The van der Waals surface area contributed by atoms with Gasteiger partial charge in [-0.25, -0.2) is 0 Å². The van der Waals surface area contributed by atoms with Crippen molar-refractivity contribution in [3.8, 4) is 0 Å². The van der Waals surface area contributed by atoms with Gasteiger partial charge in [-0.15, -0.1) is 0 Å². The highest BCUT2D eigenvalue weighted by Gasteiger charge is 2.20. The van der Waals surface area contributed by atoms with Gasteiger partial charge >= 0.3 is 0 Å². The highest BCUT2D eigenvalue weighted by atomic mass is 15.2. The summed E-state index contributed by atoms with van der Waals surface area (Å²) in [6, 6.07) is 0.745. The van der Waals surface area contributed by atoms with Crippen LogP contribution in [0.4, 0.5) is 0 Å². The van der Waals surface area contributed by atoms with E-state index in [0.717, 1.165) is 6.04 Å². The maximum atomic E-state index is 2.60. The van der Waals surface area contributed by atoms with E-state index in [4.69, 9.17) is 0 Å². The molecule has 0 aromatic carbocycles. The Labute approximate surface area is 76.5 Å². The summed E-state index contributed by atoms with van der Waals surface area (Å²) in [6.45, 7) is 9.24. The molecule has 0 amide bonds.